The van der Waals surface area contributed by atoms with Crippen molar-refractivity contribution in [3.05, 3.63) is 65.2 Å². The van der Waals surface area contributed by atoms with E-state index in [4.69, 9.17) is 4.74 Å². The highest BCUT2D eigenvalue weighted by Gasteiger charge is 2.33. The van der Waals surface area contributed by atoms with E-state index in [0.29, 0.717) is 11.3 Å². The SMILES string of the molecule is CC(C)Oc1ccc(/C=C(\C#N)C(=O)Nc2ccccc2C(F)(F)F)cc1. The van der Waals surface area contributed by atoms with Gasteiger partial charge in [0.25, 0.3) is 5.91 Å². The molecule has 0 bridgehead atoms. The number of nitrogens with zero attached hydrogens (tertiary/aromatic N) is 1. The monoisotopic (exact) mass is 374 g/mol. The van der Waals surface area contributed by atoms with Crippen LogP contribution in [0.3, 0.4) is 0 Å². The fourth-order valence-electron chi connectivity index (χ4n) is 2.26. The van der Waals surface area contributed by atoms with Crippen LogP contribution in [-0.2, 0) is 11.0 Å². The Kier molecular flexibility index (Phi) is 6.24. The van der Waals surface area contributed by atoms with E-state index >= 15 is 0 Å². The van der Waals surface area contributed by atoms with E-state index in [0.717, 1.165) is 12.1 Å². The number of alkyl halides is 3. The van der Waals surface area contributed by atoms with Crippen LogP contribution in [0.4, 0.5) is 18.9 Å². The molecule has 0 saturated carbocycles. The molecule has 0 aliphatic rings. The number of anilines is 1. The Balaban J connectivity index is 2.22. The largest absolute Gasteiger partial charge is 0.491 e. The van der Waals surface area contributed by atoms with Crippen molar-refractivity contribution < 1.29 is 22.7 Å². The van der Waals surface area contributed by atoms with Crippen LogP contribution in [-0.4, -0.2) is 12.0 Å². The quantitative estimate of drug-likeness (QED) is 0.589. The maximum Gasteiger partial charge on any atom is 0.418 e. The van der Waals surface area contributed by atoms with E-state index in [1.165, 1.54) is 18.2 Å². The van der Waals surface area contributed by atoms with Gasteiger partial charge in [0.1, 0.15) is 17.4 Å². The second-order valence-electron chi connectivity index (χ2n) is 5.90. The average Bonchev–Trinajstić information content (AvgIpc) is 2.60. The molecule has 0 aromatic heterocycles. The van der Waals surface area contributed by atoms with Crippen LogP contribution in [0.2, 0.25) is 0 Å². The molecular formula is C20H17F3N2O2. The van der Waals surface area contributed by atoms with Crippen LogP contribution < -0.4 is 10.1 Å². The van der Waals surface area contributed by atoms with Crippen LogP contribution in [0.15, 0.2) is 54.1 Å². The summed E-state index contributed by atoms with van der Waals surface area (Å²) in [5.74, 6) is -0.291. The number of para-hydroxylation sites is 1. The molecule has 0 heterocycles. The molecule has 1 amide bonds. The van der Waals surface area contributed by atoms with Crippen molar-refractivity contribution >= 4 is 17.7 Å². The first-order valence-corrected chi connectivity index (χ1v) is 8.07. The summed E-state index contributed by atoms with van der Waals surface area (Å²) < 4.78 is 44.5. The smallest absolute Gasteiger partial charge is 0.418 e. The second-order valence-corrected chi connectivity index (χ2v) is 5.90. The molecule has 0 fully saturated rings. The number of rotatable bonds is 5. The van der Waals surface area contributed by atoms with Crippen molar-refractivity contribution in [1.29, 1.82) is 5.26 Å². The highest BCUT2D eigenvalue weighted by Crippen LogP contribution is 2.34. The van der Waals surface area contributed by atoms with E-state index in [1.54, 1.807) is 30.3 Å². The molecule has 0 atom stereocenters. The number of hydrogen-bond acceptors (Lipinski definition) is 3. The number of carbonyl (C=O) groups excluding carboxylic acids is 1. The predicted molar refractivity (Wildman–Crippen MR) is 95.9 cm³/mol. The summed E-state index contributed by atoms with van der Waals surface area (Å²) in [6.07, 6.45) is -3.32. The maximum atomic E-state index is 13.0. The average molecular weight is 374 g/mol. The Labute approximate surface area is 154 Å². The Morgan fingerprint density at radius 3 is 2.33 bits per heavy atom. The summed E-state index contributed by atoms with van der Waals surface area (Å²) in [5.41, 5.74) is -1.16. The van der Waals surface area contributed by atoms with Gasteiger partial charge in [0.2, 0.25) is 0 Å². The first-order valence-electron chi connectivity index (χ1n) is 8.07. The zero-order valence-corrected chi connectivity index (χ0v) is 14.7. The fourth-order valence-corrected chi connectivity index (χ4v) is 2.26. The molecule has 0 saturated heterocycles. The zero-order chi connectivity index (χ0) is 20.0. The molecule has 1 N–H and O–H groups in total. The molecule has 2 rings (SSSR count). The number of carbonyl (C=O) groups is 1. The topological polar surface area (TPSA) is 62.1 Å². The number of amides is 1. The first-order chi connectivity index (χ1) is 12.7. The van der Waals surface area contributed by atoms with Gasteiger partial charge < -0.3 is 10.1 Å². The number of benzene rings is 2. The van der Waals surface area contributed by atoms with Crippen LogP contribution >= 0.6 is 0 Å². The highest BCUT2D eigenvalue weighted by atomic mass is 19.4. The van der Waals surface area contributed by atoms with Gasteiger partial charge >= 0.3 is 6.18 Å². The lowest BCUT2D eigenvalue weighted by molar-refractivity contribution is -0.137. The standard InChI is InChI=1S/C20H17F3N2O2/c1-13(2)27-16-9-7-14(8-10-16)11-15(12-24)19(26)25-18-6-4-3-5-17(18)20(21,22)23/h3-11,13H,1-2H3,(H,25,26)/b15-11+. The third-order valence-corrected chi connectivity index (χ3v) is 3.41. The lowest BCUT2D eigenvalue weighted by atomic mass is 10.1. The summed E-state index contributed by atoms with van der Waals surface area (Å²) >= 11 is 0. The van der Waals surface area contributed by atoms with E-state index in [9.17, 15) is 23.2 Å². The van der Waals surface area contributed by atoms with E-state index in [2.05, 4.69) is 5.32 Å². The molecule has 0 spiro atoms. The molecule has 27 heavy (non-hydrogen) atoms. The molecule has 0 unspecified atom stereocenters. The number of nitrogens with one attached hydrogen (secondary N) is 1. The molecule has 140 valence electrons. The number of nitriles is 1. The van der Waals surface area contributed by atoms with Gasteiger partial charge in [-0.05, 0) is 49.8 Å². The van der Waals surface area contributed by atoms with Crippen molar-refractivity contribution in [3.8, 4) is 11.8 Å². The van der Waals surface area contributed by atoms with Crippen LogP contribution in [0.25, 0.3) is 6.08 Å². The first kappa shape index (κ1) is 20.0. The summed E-state index contributed by atoms with van der Waals surface area (Å²) in [6, 6.07) is 12.9. The minimum absolute atomic E-state index is 0.000500. The highest BCUT2D eigenvalue weighted by molar-refractivity contribution is 6.10. The number of ether oxygens (including phenoxy) is 1. The fraction of sp³-hybridized carbons (Fsp3) is 0.200. The van der Waals surface area contributed by atoms with Crippen molar-refractivity contribution in [2.75, 3.05) is 5.32 Å². The van der Waals surface area contributed by atoms with Gasteiger partial charge in [0.15, 0.2) is 0 Å². The van der Waals surface area contributed by atoms with E-state index in [-0.39, 0.29) is 11.7 Å². The van der Waals surface area contributed by atoms with Gasteiger partial charge in [-0.1, -0.05) is 24.3 Å². The lowest BCUT2D eigenvalue weighted by Crippen LogP contribution is -2.17. The number of hydrogen-bond donors (Lipinski definition) is 1. The number of halogens is 3. The van der Waals surface area contributed by atoms with Crippen LogP contribution in [0.1, 0.15) is 25.0 Å². The normalized spacial score (nSPS) is 11.8. The van der Waals surface area contributed by atoms with Gasteiger partial charge in [0, 0.05) is 0 Å². The molecular weight excluding hydrogens is 357 g/mol. The molecule has 7 heteroatoms. The van der Waals surface area contributed by atoms with Crippen LogP contribution in [0, 0.1) is 11.3 Å². The van der Waals surface area contributed by atoms with Gasteiger partial charge in [-0.15, -0.1) is 0 Å². The van der Waals surface area contributed by atoms with E-state index < -0.39 is 23.3 Å². The van der Waals surface area contributed by atoms with Crippen LogP contribution in [0.5, 0.6) is 5.75 Å². The molecule has 0 radical (unpaired) electrons. The summed E-state index contributed by atoms with van der Waals surface area (Å²) in [5, 5.41) is 11.4. The summed E-state index contributed by atoms with van der Waals surface area (Å²) in [6.45, 7) is 3.76. The molecule has 2 aromatic rings. The molecule has 4 nitrogen and oxygen atoms in total. The van der Waals surface area contributed by atoms with Crippen molar-refractivity contribution in [3.63, 3.8) is 0 Å². The lowest BCUT2D eigenvalue weighted by Gasteiger charge is -2.13. The van der Waals surface area contributed by atoms with Crippen molar-refractivity contribution in [2.45, 2.75) is 26.1 Å². The van der Waals surface area contributed by atoms with Gasteiger partial charge in [-0.3, -0.25) is 4.79 Å². The Morgan fingerprint density at radius 2 is 1.78 bits per heavy atom. The van der Waals surface area contributed by atoms with E-state index in [1.807, 2.05) is 13.8 Å². The second kappa shape index (κ2) is 8.41. The molecule has 0 aliphatic heterocycles. The third kappa shape index (κ3) is 5.61. The zero-order valence-electron chi connectivity index (χ0n) is 14.7. The molecule has 0 aliphatic carbocycles. The predicted octanol–water partition coefficient (Wildman–Crippen LogP) is 5.04. The Bertz CT molecular complexity index is 879. The molecule has 2 aromatic carbocycles. The summed E-state index contributed by atoms with van der Waals surface area (Å²) in [4.78, 5) is 12.2. The van der Waals surface area contributed by atoms with Crippen molar-refractivity contribution in [1.82, 2.24) is 0 Å². The Hall–Kier alpha value is -3.27. The third-order valence-electron chi connectivity index (χ3n) is 3.41. The minimum Gasteiger partial charge on any atom is -0.491 e. The van der Waals surface area contributed by atoms with Gasteiger partial charge in [0.05, 0.1) is 17.4 Å². The summed E-state index contributed by atoms with van der Waals surface area (Å²) in [7, 11) is 0. The maximum absolute atomic E-state index is 13.0. The Morgan fingerprint density at radius 1 is 1.15 bits per heavy atom. The van der Waals surface area contributed by atoms with Gasteiger partial charge in [-0.25, -0.2) is 0 Å². The van der Waals surface area contributed by atoms with Crippen molar-refractivity contribution in [2.24, 2.45) is 0 Å². The van der Waals surface area contributed by atoms with Gasteiger partial charge in [-0.2, -0.15) is 18.4 Å². The minimum atomic E-state index is -4.62.